The summed E-state index contributed by atoms with van der Waals surface area (Å²) in [6, 6.07) is 20.1. The van der Waals surface area contributed by atoms with Crippen LogP contribution >= 0.6 is 0 Å². The number of nitrogens with one attached hydrogen (secondary N) is 1. The van der Waals surface area contributed by atoms with Gasteiger partial charge in [-0.3, -0.25) is 4.79 Å². The van der Waals surface area contributed by atoms with Crippen LogP contribution in [0.5, 0.6) is 0 Å². The summed E-state index contributed by atoms with van der Waals surface area (Å²) in [5.41, 5.74) is 9.08. The van der Waals surface area contributed by atoms with Crippen LogP contribution in [0.4, 0.5) is 16.2 Å². The van der Waals surface area contributed by atoms with Crippen LogP contribution in [0.25, 0.3) is 0 Å². The number of amides is 2. The van der Waals surface area contributed by atoms with E-state index in [0.717, 1.165) is 5.56 Å². The van der Waals surface area contributed by atoms with E-state index < -0.39 is 18.2 Å². The molecule has 0 radical (unpaired) electrons. The Morgan fingerprint density at radius 2 is 1.51 bits per heavy atom. The number of nitrogen functional groups attached to an aromatic ring is 1. The van der Waals surface area contributed by atoms with E-state index in [9.17, 15) is 14.4 Å². The van der Waals surface area contributed by atoms with Crippen molar-refractivity contribution in [1.29, 1.82) is 0 Å². The zero-order chi connectivity index (χ0) is 25.5. The number of anilines is 2. The second-order valence-electron chi connectivity index (χ2n) is 8.41. The van der Waals surface area contributed by atoms with E-state index in [2.05, 4.69) is 5.32 Å². The maximum absolute atomic E-state index is 12.9. The molecular weight excluding hydrogens is 446 g/mol. The molecule has 0 fully saturated rings. The van der Waals surface area contributed by atoms with E-state index in [1.165, 1.54) is 12.1 Å². The summed E-state index contributed by atoms with van der Waals surface area (Å²) in [7, 11) is 0. The summed E-state index contributed by atoms with van der Waals surface area (Å²) in [6.45, 7) is 5.81. The van der Waals surface area contributed by atoms with Gasteiger partial charge in [-0.15, -0.1) is 0 Å². The molecule has 1 atom stereocenters. The molecule has 0 spiro atoms. The third kappa shape index (κ3) is 6.60. The first kappa shape index (κ1) is 25.3. The Morgan fingerprint density at radius 1 is 0.914 bits per heavy atom. The van der Waals surface area contributed by atoms with Crippen molar-refractivity contribution in [2.24, 2.45) is 0 Å². The molecule has 182 valence electrons. The standard InChI is InChI=1S/C27H29N3O5/c1-17(2)30(27(34)35-18(3)20-12-14-22(15-13-20)26(32)33)16-19-8-10-21(11-9-19)25(31)29-24-7-5-4-6-23(24)28/h4-15,17-18H,16,28H2,1-3H3,(H,29,31)(H,32,33)/t18-/m1/s1. The number of nitrogens with zero attached hydrogens (tertiary/aromatic N) is 1. The molecule has 0 aliphatic rings. The highest BCUT2D eigenvalue weighted by Gasteiger charge is 2.22. The van der Waals surface area contributed by atoms with Crippen LogP contribution in [-0.4, -0.2) is 34.0 Å². The molecule has 0 unspecified atom stereocenters. The fraction of sp³-hybridized carbons (Fsp3) is 0.222. The number of hydrogen-bond acceptors (Lipinski definition) is 5. The Kier molecular flexibility index (Phi) is 8.09. The monoisotopic (exact) mass is 475 g/mol. The van der Waals surface area contributed by atoms with Gasteiger partial charge >= 0.3 is 12.1 Å². The Bertz CT molecular complexity index is 1190. The van der Waals surface area contributed by atoms with Gasteiger partial charge in [0, 0.05) is 18.2 Å². The molecule has 0 aliphatic heterocycles. The van der Waals surface area contributed by atoms with Crippen molar-refractivity contribution in [3.05, 3.63) is 95.1 Å². The highest BCUT2D eigenvalue weighted by Crippen LogP contribution is 2.21. The minimum absolute atomic E-state index is 0.131. The Labute approximate surface area is 204 Å². The molecule has 0 aromatic heterocycles. The number of rotatable bonds is 8. The molecule has 0 bridgehead atoms. The molecule has 8 nitrogen and oxygen atoms in total. The van der Waals surface area contributed by atoms with E-state index in [1.807, 2.05) is 13.8 Å². The number of para-hydroxylation sites is 2. The highest BCUT2D eigenvalue weighted by molar-refractivity contribution is 6.05. The van der Waals surface area contributed by atoms with Crippen LogP contribution < -0.4 is 11.1 Å². The maximum Gasteiger partial charge on any atom is 0.410 e. The Balaban J connectivity index is 1.64. The molecule has 35 heavy (non-hydrogen) atoms. The largest absolute Gasteiger partial charge is 0.478 e. The quantitative estimate of drug-likeness (QED) is 0.379. The van der Waals surface area contributed by atoms with E-state index in [4.69, 9.17) is 15.6 Å². The normalized spacial score (nSPS) is 11.5. The number of benzene rings is 3. The second kappa shape index (κ2) is 11.2. The molecule has 2 amide bonds. The number of carboxylic acid groups (broad SMARTS) is 1. The lowest BCUT2D eigenvalue weighted by molar-refractivity contribution is 0.0582. The van der Waals surface area contributed by atoms with Crippen LogP contribution in [-0.2, 0) is 11.3 Å². The van der Waals surface area contributed by atoms with Gasteiger partial charge in [0.05, 0.1) is 16.9 Å². The molecule has 3 aromatic rings. The van der Waals surface area contributed by atoms with Crippen molar-refractivity contribution >= 4 is 29.3 Å². The van der Waals surface area contributed by atoms with Gasteiger partial charge in [-0.05, 0) is 68.3 Å². The van der Waals surface area contributed by atoms with Crippen LogP contribution in [0.2, 0.25) is 0 Å². The predicted molar refractivity (Wildman–Crippen MR) is 134 cm³/mol. The van der Waals surface area contributed by atoms with Crippen LogP contribution in [0.1, 0.15) is 58.7 Å². The molecule has 4 N–H and O–H groups in total. The Hall–Kier alpha value is -4.33. The number of aromatic carboxylic acids is 1. The minimum atomic E-state index is -1.01. The third-order valence-corrected chi connectivity index (χ3v) is 5.54. The smallest absolute Gasteiger partial charge is 0.410 e. The summed E-state index contributed by atoms with van der Waals surface area (Å²) in [4.78, 5) is 38.1. The molecule has 0 saturated carbocycles. The Morgan fingerprint density at radius 3 is 2.09 bits per heavy atom. The van der Waals surface area contributed by atoms with Crippen molar-refractivity contribution < 1.29 is 24.2 Å². The second-order valence-corrected chi connectivity index (χ2v) is 8.41. The number of ether oxygens (including phenoxy) is 1. The summed E-state index contributed by atoms with van der Waals surface area (Å²) < 4.78 is 5.64. The zero-order valence-corrected chi connectivity index (χ0v) is 19.9. The van der Waals surface area contributed by atoms with Gasteiger partial charge in [-0.2, -0.15) is 0 Å². The molecule has 0 heterocycles. The maximum atomic E-state index is 12.9. The van der Waals surface area contributed by atoms with E-state index in [-0.39, 0.29) is 17.5 Å². The number of carbonyl (C=O) groups excluding carboxylic acids is 2. The number of carbonyl (C=O) groups is 3. The van der Waals surface area contributed by atoms with Gasteiger partial charge in [0.2, 0.25) is 0 Å². The summed E-state index contributed by atoms with van der Waals surface area (Å²) in [5.74, 6) is -1.29. The van der Waals surface area contributed by atoms with E-state index in [0.29, 0.717) is 29.0 Å². The number of nitrogens with two attached hydrogens (primary N) is 1. The summed E-state index contributed by atoms with van der Waals surface area (Å²) >= 11 is 0. The predicted octanol–water partition coefficient (Wildman–Crippen LogP) is 5.33. The van der Waals surface area contributed by atoms with Crippen molar-refractivity contribution in [2.75, 3.05) is 11.1 Å². The highest BCUT2D eigenvalue weighted by atomic mass is 16.6. The van der Waals surface area contributed by atoms with Crippen molar-refractivity contribution in [3.8, 4) is 0 Å². The van der Waals surface area contributed by atoms with Gasteiger partial charge in [-0.25, -0.2) is 9.59 Å². The van der Waals surface area contributed by atoms with Crippen molar-refractivity contribution in [3.63, 3.8) is 0 Å². The summed E-state index contributed by atoms with van der Waals surface area (Å²) in [6.07, 6.45) is -1.04. The third-order valence-electron chi connectivity index (χ3n) is 5.54. The lowest BCUT2D eigenvalue weighted by Crippen LogP contribution is -2.37. The zero-order valence-electron chi connectivity index (χ0n) is 19.9. The average Bonchev–Trinajstić information content (AvgIpc) is 2.84. The van der Waals surface area contributed by atoms with Gasteiger partial charge in [0.25, 0.3) is 5.91 Å². The molecule has 8 heteroatoms. The first-order chi connectivity index (χ1) is 16.7. The average molecular weight is 476 g/mol. The molecule has 3 rings (SSSR count). The molecule has 3 aromatic carbocycles. The molecule has 0 saturated heterocycles. The van der Waals surface area contributed by atoms with Gasteiger partial charge in [-0.1, -0.05) is 36.4 Å². The fourth-order valence-corrected chi connectivity index (χ4v) is 3.41. The van der Waals surface area contributed by atoms with E-state index >= 15 is 0 Å². The SMILES string of the molecule is CC(C)N(Cc1ccc(C(=O)Nc2ccccc2N)cc1)C(=O)O[C@H](C)c1ccc(C(=O)O)cc1. The first-order valence-corrected chi connectivity index (χ1v) is 11.2. The van der Waals surface area contributed by atoms with Crippen molar-refractivity contribution in [1.82, 2.24) is 4.90 Å². The first-order valence-electron chi connectivity index (χ1n) is 11.2. The number of hydrogen-bond donors (Lipinski definition) is 3. The van der Waals surface area contributed by atoms with Gasteiger partial charge in [0.15, 0.2) is 0 Å². The molecule has 0 aliphatic carbocycles. The fourth-order valence-electron chi connectivity index (χ4n) is 3.41. The van der Waals surface area contributed by atoms with Crippen LogP contribution in [0.3, 0.4) is 0 Å². The molecular formula is C27H29N3O5. The van der Waals surface area contributed by atoms with Crippen molar-refractivity contribution in [2.45, 2.75) is 39.5 Å². The van der Waals surface area contributed by atoms with Gasteiger partial charge in [0.1, 0.15) is 6.10 Å². The minimum Gasteiger partial charge on any atom is -0.478 e. The van der Waals surface area contributed by atoms with E-state index in [1.54, 1.807) is 72.5 Å². The number of carboxylic acids is 1. The van der Waals surface area contributed by atoms with Gasteiger partial charge < -0.3 is 25.8 Å². The lowest BCUT2D eigenvalue weighted by Gasteiger charge is -2.28. The van der Waals surface area contributed by atoms with Crippen LogP contribution in [0.15, 0.2) is 72.8 Å². The lowest BCUT2D eigenvalue weighted by atomic mass is 10.1. The van der Waals surface area contributed by atoms with Crippen LogP contribution in [0, 0.1) is 0 Å². The topological polar surface area (TPSA) is 122 Å². The summed E-state index contributed by atoms with van der Waals surface area (Å²) in [5, 5.41) is 11.8.